The number of aromatic hydroxyl groups is 1. The number of para-hydroxylation sites is 1. The Labute approximate surface area is 227 Å². The lowest BCUT2D eigenvalue weighted by Crippen LogP contribution is -2.30. The number of hydrogen-bond acceptors (Lipinski definition) is 9. The summed E-state index contributed by atoms with van der Waals surface area (Å²) >= 11 is 1.11. The van der Waals surface area contributed by atoms with Gasteiger partial charge >= 0.3 is 5.97 Å². The summed E-state index contributed by atoms with van der Waals surface area (Å²) in [7, 11) is 0. The second kappa shape index (κ2) is 11.1. The Hall–Kier alpha value is -4.55. The van der Waals surface area contributed by atoms with Gasteiger partial charge in [0.1, 0.15) is 17.0 Å². The molecule has 1 atom stereocenters. The molecule has 6 N–H and O–H groups in total. The third kappa shape index (κ3) is 5.97. The van der Waals surface area contributed by atoms with Gasteiger partial charge in [-0.3, -0.25) is 19.9 Å². The van der Waals surface area contributed by atoms with E-state index < -0.39 is 17.4 Å². The number of nitrogens with zero attached hydrogens (tertiary/aromatic N) is 3. The average molecular weight is 549 g/mol. The Bertz CT molecular complexity index is 1640. The van der Waals surface area contributed by atoms with Gasteiger partial charge in [-0.15, -0.1) is 10.2 Å². The SMILES string of the molecule is CC(C)(C)OC(=O)[C@H](CNc1nnc(NC(=O)c2ccc3cccnc3c2O)s1)c1c[nH]c2ccccc12.O. The molecule has 5 rings (SSSR count). The molecule has 3 aromatic heterocycles. The van der Waals surface area contributed by atoms with Gasteiger partial charge in [-0.25, -0.2) is 0 Å². The zero-order chi connectivity index (χ0) is 26.9. The van der Waals surface area contributed by atoms with Crippen molar-refractivity contribution in [3.63, 3.8) is 0 Å². The van der Waals surface area contributed by atoms with E-state index in [1.807, 2.05) is 51.2 Å². The van der Waals surface area contributed by atoms with E-state index >= 15 is 0 Å². The number of pyridine rings is 1. The fourth-order valence-corrected chi connectivity index (χ4v) is 4.73. The first-order chi connectivity index (χ1) is 18.2. The summed E-state index contributed by atoms with van der Waals surface area (Å²) in [5.74, 6) is -1.73. The zero-order valence-electron chi connectivity index (χ0n) is 21.5. The number of amides is 1. The maximum absolute atomic E-state index is 13.2. The van der Waals surface area contributed by atoms with Gasteiger partial charge in [0.15, 0.2) is 5.75 Å². The number of anilines is 2. The Balaban J connectivity index is 0.00000353. The van der Waals surface area contributed by atoms with Crippen LogP contribution in [0.25, 0.3) is 21.8 Å². The first kappa shape index (κ1) is 27.5. The van der Waals surface area contributed by atoms with Gasteiger partial charge in [0.2, 0.25) is 10.3 Å². The van der Waals surface area contributed by atoms with Gasteiger partial charge in [0.25, 0.3) is 5.91 Å². The zero-order valence-corrected chi connectivity index (χ0v) is 22.3. The van der Waals surface area contributed by atoms with Crippen LogP contribution in [0.4, 0.5) is 10.3 Å². The number of carbonyl (C=O) groups excluding carboxylic acids is 2. The number of rotatable bonds is 7. The van der Waals surface area contributed by atoms with Crippen molar-refractivity contribution in [1.82, 2.24) is 20.2 Å². The van der Waals surface area contributed by atoms with Crippen molar-refractivity contribution in [1.29, 1.82) is 0 Å². The lowest BCUT2D eigenvalue weighted by molar-refractivity contribution is -0.156. The molecule has 0 aliphatic rings. The van der Waals surface area contributed by atoms with E-state index in [9.17, 15) is 14.7 Å². The minimum Gasteiger partial charge on any atom is -0.505 e. The molecule has 1 amide bonds. The second-order valence-electron chi connectivity index (χ2n) is 9.66. The number of esters is 1. The average Bonchev–Trinajstić information content (AvgIpc) is 3.51. The second-order valence-corrected chi connectivity index (χ2v) is 10.6. The van der Waals surface area contributed by atoms with Crippen LogP contribution in [0.5, 0.6) is 5.75 Å². The summed E-state index contributed by atoms with van der Waals surface area (Å²) in [5, 5.41) is 26.8. The normalized spacial score (nSPS) is 12.1. The predicted molar refractivity (Wildman–Crippen MR) is 150 cm³/mol. The van der Waals surface area contributed by atoms with Crippen LogP contribution >= 0.6 is 11.3 Å². The van der Waals surface area contributed by atoms with Crippen LogP contribution in [0.2, 0.25) is 0 Å². The number of phenolic OH excluding ortho intramolecular Hbond substituents is 1. The molecule has 0 bridgehead atoms. The van der Waals surface area contributed by atoms with Crippen LogP contribution in [0.1, 0.15) is 42.6 Å². The molecule has 0 aliphatic carbocycles. The van der Waals surface area contributed by atoms with Gasteiger partial charge in [-0.1, -0.05) is 41.7 Å². The number of hydrogen-bond donors (Lipinski definition) is 4. The number of ether oxygens (including phenoxy) is 1. The molecule has 11 nitrogen and oxygen atoms in total. The highest BCUT2D eigenvalue weighted by Gasteiger charge is 2.29. The van der Waals surface area contributed by atoms with Crippen molar-refractivity contribution in [2.24, 2.45) is 0 Å². The topological polar surface area (TPSA) is 174 Å². The van der Waals surface area contributed by atoms with E-state index in [1.54, 1.807) is 24.4 Å². The summed E-state index contributed by atoms with van der Waals surface area (Å²) in [6.07, 6.45) is 3.37. The van der Waals surface area contributed by atoms with Crippen molar-refractivity contribution >= 4 is 55.3 Å². The number of H-pyrrole nitrogens is 1. The number of fused-ring (bicyclic) bond motifs is 2. The van der Waals surface area contributed by atoms with Crippen molar-refractivity contribution in [3.05, 3.63) is 72.1 Å². The molecule has 3 heterocycles. The third-order valence-electron chi connectivity index (χ3n) is 5.78. The number of aromatic nitrogens is 4. The summed E-state index contributed by atoms with van der Waals surface area (Å²) in [5.41, 5.74) is 1.49. The Morgan fingerprint density at radius 2 is 1.85 bits per heavy atom. The van der Waals surface area contributed by atoms with Gasteiger partial charge in [-0.05, 0) is 44.5 Å². The Kier molecular flexibility index (Phi) is 7.79. The molecule has 0 fully saturated rings. The fourth-order valence-electron chi connectivity index (χ4n) is 4.09. The molecule has 0 radical (unpaired) electrons. The molecular formula is C27H28N6O5S. The molecule has 0 spiro atoms. The highest BCUT2D eigenvalue weighted by atomic mass is 32.1. The summed E-state index contributed by atoms with van der Waals surface area (Å²) < 4.78 is 5.70. The number of carbonyl (C=O) groups is 2. The van der Waals surface area contributed by atoms with E-state index in [1.165, 1.54) is 6.07 Å². The van der Waals surface area contributed by atoms with Crippen LogP contribution < -0.4 is 10.6 Å². The highest BCUT2D eigenvalue weighted by Crippen LogP contribution is 2.31. The maximum Gasteiger partial charge on any atom is 0.315 e. The molecule has 0 unspecified atom stereocenters. The fraction of sp³-hybridized carbons (Fsp3) is 0.222. The lowest BCUT2D eigenvalue weighted by atomic mass is 9.98. The van der Waals surface area contributed by atoms with Gasteiger partial charge in [0, 0.05) is 35.2 Å². The standard InChI is InChI=1S/C27H26N6O4S.H2O/c1-27(2,3)37-24(36)19(18-13-29-20-9-5-4-8-16(18)20)14-30-25-32-33-26(38-25)31-23(35)17-11-10-15-7-6-12-28-21(15)22(17)34;/h4-13,19,29,34H,14H2,1-3H3,(H,30,32)(H,31,33,35);1H2/t19-;/m1./s1. The molecular weight excluding hydrogens is 520 g/mol. The van der Waals surface area contributed by atoms with Crippen LogP contribution in [0.15, 0.2) is 60.9 Å². The summed E-state index contributed by atoms with van der Waals surface area (Å²) in [6, 6.07) is 14.5. The highest BCUT2D eigenvalue weighted by molar-refractivity contribution is 7.19. The van der Waals surface area contributed by atoms with E-state index in [0.717, 1.165) is 33.2 Å². The van der Waals surface area contributed by atoms with Crippen LogP contribution in [-0.2, 0) is 9.53 Å². The van der Waals surface area contributed by atoms with Crippen LogP contribution in [0, 0.1) is 0 Å². The van der Waals surface area contributed by atoms with Crippen molar-refractivity contribution in [3.8, 4) is 5.75 Å². The van der Waals surface area contributed by atoms with Gasteiger partial charge in [-0.2, -0.15) is 0 Å². The van der Waals surface area contributed by atoms with Crippen molar-refractivity contribution in [2.45, 2.75) is 32.3 Å². The Morgan fingerprint density at radius 3 is 2.64 bits per heavy atom. The summed E-state index contributed by atoms with van der Waals surface area (Å²) in [6.45, 7) is 5.69. The molecule has 5 aromatic rings. The van der Waals surface area contributed by atoms with E-state index in [0.29, 0.717) is 10.6 Å². The number of benzene rings is 2. The number of phenols is 1. The van der Waals surface area contributed by atoms with E-state index in [4.69, 9.17) is 4.74 Å². The van der Waals surface area contributed by atoms with Gasteiger partial charge < -0.3 is 25.6 Å². The molecule has 2 aromatic carbocycles. The molecule has 0 saturated heterocycles. The monoisotopic (exact) mass is 548 g/mol. The number of aromatic amines is 1. The molecule has 39 heavy (non-hydrogen) atoms. The predicted octanol–water partition coefficient (Wildman–Crippen LogP) is 4.24. The van der Waals surface area contributed by atoms with Crippen LogP contribution in [0.3, 0.4) is 0 Å². The lowest BCUT2D eigenvalue weighted by Gasteiger charge is -2.24. The number of nitrogens with one attached hydrogen (secondary N) is 3. The Morgan fingerprint density at radius 1 is 1.08 bits per heavy atom. The molecule has 0 saturated carbocycles. The first-order valence-electron chi connectivity index (χ1n) is 11.9. The molecule has 12 heteroatoms. The van der Waals surface area contributed by atoms with Crippen molar-refractivity contribution in [2.75, 3.05) is 17.2 Å². The van der Waals surface area contributed by atoms with Crippen LogP contribution in [-0.4, -0.2) is 54.8 Å². The smallest absolute Gasteiger partial charge is 0.315 e. The van der Waals surface area contributed by atoms with Gasteiger partial charge in [0.05, 0.1) is 5.56 Å². The minimum absolute atomic E-state index is 0. The van der Waals surface area contributed by atoms with E-state index in [2.05, 4.69) is 30.8 Å². The minimum atomic E-state index is -0.647. The summed E-state index contributed by atoms with van der Waals surface area (Å²) in [4.78, 5) is 33.3. The largest absolute Gasteiger partial charge is 0.505 e. The van der Waals surface area contributed by atoms with E-state index in [-0.39, 0.29) is 34.4 Å². The van der Waals surface area contributed by atoms with Crippen molar-refractivity contribution < 1.29 is 24.9 Å². The molecule has 202 valence electrons. The maximum atomic E-state index is 13.2. The third-order valence-corrected chi connectivity index (χ3v) is 6.58. The first-order valence-corrected chi connectivity index (χ1v) is 12.8. The quantitative estimate of drug-likeness (QED) is 0.219. The molecule has 0 aliphatic heterocycles.